The lowest BCUT2D eigenvalue weighted by Crippen LogP contribution is -2.00. The Morgan fingerprint density at radius 1 is 0.944 bits per heavy atom. The smallest absolute Gasteiger partial charge is 0.0629 e. The van der Waals surface area contributed by atoms with E-state index in [2.05, 4.69) is 63.2 Å². The zero-order chi connectivity index (χ0) is 13.3. The molecular formula is C14H14Br2N2. The van der Waals surface area contributed by atoms with Gasteiger partial charge in [-0.1, -0.05) is 31.9 Å². The van der Waals surface area contributed by atoms with Gasteiger partial charge in [0.05, 0.1) is 11.4 Å². The third-order valence-corrected chi connectivity index (χ3v) is 3.72. The van der Waals surface area contributed by atoms with E-state index in [9.17, 15) is 0 Å². The Hall–Kier alpha value is -1.00. The number of benzene rings is 2. The van der Waals surface area contributed by atoms with Gasteiger partial charge in [-0.05, 0) is 55.3 Å². The van der Waals surface area contributed by atoms with Crippen molar-refractivity contribution in [2.45, 2.75) is 13.8 Å². The molecule has 0 spiro atoms. The molecule has 0 saturated carbocycles. The second-order valence-corrected chi connectivity index (χ2v) is 6.10. The van der Waals surface area contributed by atoms with Crippen molar-refractivity contribution in [3.05, 3.63) is 50.4 Å². The molecule has 18 heavy (non-hydrogen) atoms. The summed E-state index contributed by atoms with van der Waals surface area (Å²) in [6, 6.07) is 9.97. The van der Waals surface area contributed by atoms with Crippen LogP contribution in [0.5, 0.6) is 0 Å². The lowest BCUT2D eigenvalue weighted by Gasteiger charge is -2.15. The summed E-state index contributed by atoms with van der Waals surface area (Å²) in [6.45, 7) is 4.16. The highest BCUT2D eigenvalue weighted by atomic mass is 79.9. The predicted molar refractivity (Wildman–Crippen MR) is 85.5 cm³/mol. The maximum absolute atomic E-state index is 5.97. The first kappa shape index (κ1) is 13.4. The second kappa shape index (κ2) is 5.33. The number of rotatable bonds is 2. The van der Waals surface area contributed by atoms with Crippen molar-refractivity contribution in [1.29, 1.82) is 0 Å². The van der Waals surface area contributed by atoms with Gasteiger partial charge < -0.3 is 11.1 Å². The molecule has 2 aromatic carbocycles. The molecular weight excluding hydrogens is 356 g/mol. The Labute approximate surface area is 124 Å². The monoisotopic (exact) mass is 368 g/mol. The molecule has 0 bridgehead atoms. The minimum absolute atomic E-state index is 0.736. The van der Waals surface area contributed by atoms with Gasteiger partial charge in [-0.25, -0.2) is 0 Å². The van der Waals surface area contributed by atoms with Gasteiger partial charge >= 0.3 is 0 Å². The molecule has 0 atom stereocenters. The number of hydrogen-bond donors (Lipinski definition) is 2. The molecule has 0 radical (unpaired) electrons. The largest absolute Gasteiger partial charge is 0.397 e. The number of nitrogens with one attached hydrogen (secondary N) is 1. The molecule has 0 saturated heterocycles. The first-order valence-electron chi connectivity index (χ1n) is 5.56. The van der Waals surface area contributed by atoms with Gasteiger partial charge in [-0.3, -0.25) is 0 Å². The van der Waals surface area contributed by atoms with Crippen molar-refractivity contribution in [3.8, 4) is 0 Å². The third kappa shape index (κ3) is 2.87. The molecule has 2 rings (SSSR count). The predicted octanol–water partition coefficient (Wildman–Crippen LogP) is 5.15. The molecule has 4 heteroatoms. The van der Waals surface area contributed by atoms with Crippen LogP contribution in [0.3, 0.4) is 0 Å². The van der Waals surface area contributed by atoms with Gasteiger partial charge in [-0.2, -0.15) is 0 Å². The number of nitrogen functional groups attached to an aromatic ring is 1. The summed E-state index contributed by atoms with van der Waals surface area (Å²) < 4.78 is 2.09. The number of nitrogens with two attached hydrogens (primary N) is 1. The summed E-state index contributed by atoms with van der Waals surface area (Å²) in [7, 11) is 0. The molecule has 2 aromatic rings. The van der Waals surface area contributed by atoms with Crippen LogP contribution in [0.1, 0.15) is 11.1 Å². The molecule has 0 aromatic heterocycles. The van der Waals surface area contributed by atoms with Crippen LogP contribution in [0.2, 0.25) is 0 Å². The average Bonchev–Trinajstić information content (AvgIpc) is 2.28. The van der Waals surface area contributed by atoms with E-state index in [0.29, 0.717) is 0 Å². The summed E-state index contributed by atoms with van der Waals surface area (Å²) in [6.07, 6.45) is 0. The van der Waals surface area contributed by atoms with Crippen LogP contribution >= 0.6 is 31.9 Å². The molecule has 0 aliphatic rings. The fraction of sp³-hybridized carbons (Fsp3) is 0.143. The minimum Gasteiger partial charge on any atom is -0.397 e. The lowest BCUT2D eigenvalue weighted by atomic mass is 10.1. The van der Waals surface area contributed by atoms with Gasteiger partial charge in [0, 0.05) is 14.6 Å². The average molecular weight is 370 g/mol. The molecule has 0 amide bonds. The Kier molecular flexibility index (Phi) is 3.97. The highest BCUT2D eigenvalue weighted by Gasteiger charge is 2.07. The Balaban J connectivity index is 2.43. The van der Waals surface area contributed by atoms with Gasteiger partial charge in [0.25, 0.3) is 0 Å². The number of aryl methyl sites for hydroxylation is 2. The van der Waals surface area contributed by atoms with Crippen LogP contribution in [0, 0.1) is 13.8 Å². The van der Waals surface area contributed by atoms with Crippen molar-refractivity contribution in [1.82, 2.24) is 0 Å². The molecule has 0 unspecified atom stereocenters. The molecule has 0 heterocycles. The van der Waals surface area contributed by atoms with Crippen LogP contribution in [0.15, 0.2) is 39.3 Å². The van der Waals surface area contributed by atoms with E-state index in [1.54, 1.807) is 0 Å². The summed E-state index contributed by atoms with van der Waals surface area (Å²) in [5.41, 5.74) is 11.1. The number of halogens is 2. The number of anilines is 3. The molecule has 0 aliphatic carbocycles. The van der Waals surface area contributed by atoms with Crippen molar-refractivity contribution in [2.24, 2.45) is 0 Å². The first-order valence-corrected chi connectivity index (χ1v) is 7.15. The maximum Gasteiger partial charge on any atom is 0.0629 e. The topological polar surface area (TPSA) is 38.0 Å². The first-order chi connectivity index (χ1) is 8.47. The SMILES string of the molecule is Cc1cc(Br)cc(C)c1Nc1cc(Br)ccc1N. The Morgan fingerprint density at radius 2 is 1.56 bits per heavy atom. The fourth-order valence-electron chi connectivity index (χ4n) is 1.88. The molecule has 0 aliphatic heterocycles. The van der Waals surface area contributed by atoms with E-state index in [1.165, 1.54) is 11.1 Å². The lowest BCUT2D eigenvalue weighted by molar-refractivity contribution is 1.34. The van der Waals surface area contributed by atoms with Crippen LogP contribution in [0.25, 0.3) is 0 Å². The Bertz CT molecular complexity index is 571. The van der Waals surface area contributed by atoms with Gasteiger partial charge in [-0.15, -0.1) is 0 Å². The van der Waals surface area contributed by atoms with E-state index in [0.717, 1.165) is 26.0 Å². The van der Waals surface area contributed by atoms with Crippen molar-refractivity contribution in [3.63, 3.8) is 0 Å². The van der Waals surface area contributed by atoms with Gasteiger partial charge in [0.15, 0.2) is 0 Å². The van der Waals surface area contributed by atoms with Crippen molar-refractivity contribution >= 4 is 48.9 Å². The van der Waals surface area contributed by atoms with E-state index < -0.39 is 0 Å². The van der Waals surface area contributed by atoms with Crippen LogP contribution in [0.4, 0.5) is 17.1 Å². The summed E-state index contributed by atoms with van der Waals surface area (Å²) in [5, 5.41) is 3.40. The van der Waals surface area contributed by atoms with Gasteiger partial charge in [0.1, 0.15) is 0 Å². The Morgan fingerprint density at radius 3 is 2.17 bits per heavy atom. The van der Waals surface area contributed by atoms with E-state index in [-0.39, 0.29) is 0 Å². The summed E-state index contributed by atoms with van der Waals surface area (Å²) in [4.78, 5) is 0. The van der Waals surface area contributed by atoms with Crippen LogP contribution in [-0.2, 0) is 0 Å². The quantitative estimate of drug-likeness (QED) is 0.718. The fourth-order valence-corrected chi connectivity index (χ4v) is 2.93. The zero-order valence-corrected chi connectivity index (χ0v) is 13.4. The minimum atomic E-state index is 0.736. The summed E-state index contributed by atoms with van der Waals surface area (Å²) in [5.74, 6) is 0. The summed E-state index contributed by atoms with van der Waals surface area (Å²) >= 11 is 6.95. The second-order valence-electron chi connectivity index (χ2n) is 4.27. The zero-order valence-electron chi connectivity index (χ0n) is 10.2. The molecule has 3 N–H and O–H groups in total. The normalized spacial score (nSPS) is 10.4. The molecule has 0 fully saturated rings. The standard InChI is InChI=1S/C14H14Br2N2/c1-8-5-11(16)6-9(2)14(8)18-13-7-10(15)3-4-12(13)17/h3-7,18H,17H2,1-2H3. The van der Waals surface area contributed by atoms with Crippen molar-refractivity contribution in [2.75, 3.05) is 11.1 Å². The molecule has 94 valence electrons. The van der Waals surface area contributed by atoms with E-state index in [4.69, 9.17) is 5.73 Å². The van der Waals surface area contributed by atoms with Gasteiger partial charge in [0.2, 0.25) is 0 Å². The van der Waals surface area contributed by atoms with Crippen LogP contribution < -0.4 is 11.1 Å². The van der Waals surface area contributed by atoms with E-state index >= 15 is 0 Å². The molecule has 2 nitrogen and oxygen atoms in total. The third-order valence-electron chi connectivity index (χ3n) is 2.77. The van der Waals surface area contributed by atoms with Crippen molar-refractivity contribution < 1.29 is 0 Å². The van der Waals surface area contributed by atoms with E-state index in [1.807, 2.05) is 18.2 Å². The number of hydrogen-bond acceptors (Lipinski definition) is 2. The maximum atomic E-state index is 5.97. The highest BCUT2D eigenvalue weighted by molar-refractivity contribution is 9.10. The highest BCUT2D eigenvalue weighted by Crippen LogP contribution is 2.31. The van der Waals surface area contributed by atoms with Crippen LogP contribution in [-0.4, -0.2) is 0 Å².